The van der Waals surface area contributed by atoms with Crippen molar-refractivity contribution in [3.8, 4) is 17.2 Å². The van der Waals surface area contributed by atoms with Crippen molar-refractivity contribution >= 4 is 50.0 Å². The number of methoxy groups -OCH3 is 1. The molecule has 5 rings (SSSR count). The standard InChI is InChI=1S/C35H41N5O6S/c1-35(2,3)24-21-30(33(44-4)31(22-24)39-47(5,42)43)38-34(41)37-29-12-13-32(28-11-7-6-10-27(28)29)46-26-14-15-36-25(23-26)9-8-16-40-17-19-45-20-18-40/h6-15,21-23,39H,16-20H2,1-5H3,(H2,37,38,41)/b9-8+. The maximum absolute atomic E-state index is 13.4. The quantitative estimate of drug-likeness (QED) is 0.172. The summed E-state index contributed by atoms with van der Waals surface area (Å²) in [4.78, 5) is 20.2. The SMILES string of the molecule is COc1c(NC(=O)Nc2ccc(Oc3ccnc(/C=C/CN4CCOCC4)c3)c3ccccc23)cc(C(C)(C)C)cc1NS(C)(=O)=O. The van der Waals surface area contributed by atoms with E-state index < -0.39 is 16.1 Å². The smallest absolute Gasteiger partial charge is 0.323 e. The molecule has 4 aromatic rings. The van der Waals surface area contributed by atoms with Crippen LogP contribution < -0.4 is 24.8 Å². The molecule has 12 heteroatoms. The van der Waals surface area contributed by atoms with Crippen LogP contribution in [0.5, 0.6) is 17.2 Å². The molecule has 3 N–H and O–H groups in total. The van der Waals surface area contributed by atoms with Gasteiger partial charge in [0.1, 0.15) is 11.5 Å². The Kier molecular flexibility index (Phi) is 10.3. The first kappa shape index (κ1) is 33.7. The van der Waals surface area contributed by atoms with E-state index in [-0.39, 0.29) is 16.9 Å². The summed E-state index contributed by atoms with van der Waals surface area (Å²) >= 11 is 0. The van der Waals surface area contributed by atoms with Gasteiger partial charge in [-0.2, -0.15) is 0 Å². The summed E-state index contributed by atoms with van der Waals surface area (Å²) in [7, 11) is -2.19. The van der Waals surface area contributed by atoms with Gasteiger partial charge in [0.15, 0.2) is 5.75 Å². The van der Waals surface area contributed by atoms with E-state index >= 15 is 0 Å². The van der Waals surface area contributed by atoms with E-state index in [9.17, 15) is 13.2 Å². The Bertz CT molecular complexity index is 1880. The van der Waals surface area contributed by atoms with Gasteiger partial charge in [-0.1, -0.05) is 51.1 Å². The van der Waals surface area contributed by atoms with Crippen molar-refractivity contribution in [3.63, 3.8) is 0 Å². The zero-order valence-electron chi connectivity index (χ0n) is 27.3. The minimum absolute atomic E-state index is 0.194. The number of amides is 2. The number of hydrogen-bond acceptors (Lipinski definition) is 8. The van der Waals surface area contributed by atoms with Crippen molar-refractivity contribution in [2.75, 3.05) is 61.6 Å². The van der Waals surface area contributed by atoms with Crippen LogP contribution in [0.1, 0.15) is 32.0 Å². The van der Waals surface area contributed by atoms with Crippen molar-refractivity contribution in [1.29, 1.82) is 0 Å². The number of carbonyl (C=O) groups is 1. The molecule has 0 radical (unpaired) electrons. The number of rotatable bonds is 10. The van der Waals surface area contributed by atoms with E-state index in [0.717, 1.165) is 61.1 Å². The highest BCUT2D eigenvalue weighted by atomic mass is 32.2. The van der Waals surface area contributed by atoms with E-state index in [1.54, 1.807) is 36.5 Å². The zero-order valence-corrected chi connectivity index (χ0v) is 28.1. The number of carbonyl (C=O) groups excluding carboxylic acids is 1. The van der Waals surface area contributed by atoms with Gasteiger partial charge in [-0.05, 0) is 47.4 Å². The van der Waals surface area contributed by atoms with E-state index in [4.69, 9.17) is 14.2 Å². The molecule has 47 heavy (non-hydrogen) atoms. The Hall–Kier alpha value is -4.65. The van der Waals surface area contributed by atoms with Gasteiger partial charge in [-0.3, -0.25) is 14.6 Å². The van der Waals surface area contributed by atoms with E-state index in [0.29, 0.717) is 22.9 Å². The summed E-state index contributed by atoms with van der Waals surface area (Å²) in [5.74, 6) is 1.45. The van der Waals surface area contributed by atoms with Crippen molar-refractivity contribution in [1.82, 2.24) is 9.88 Å². The lowest BCUT2D eigenvalue weighted by Gasteiger charge is -2.25. The predicted octanol–water partition coefficient (Wildman–Crippen LogP) is 6.69. The van der Waals surface area contributed by atoms with Crippen LogP contribution in [-0.4, -0.2) is 70.5 Å². The molecule has 1 aliphatic rings. The summed E-state index contributed by atoms with van der Waals surface area (Å²) in [5.41, 5.74) is 2.37. The molecule has 2 heterocycles. The second-order valence-corrected chi connectivity index (χ2v) is 14.0. The molecule has 0 saturated carbocycles. The predicted molar refractivity (Wildman–Crippen MR) is 187 cm³/mol. The zero-order chi connectivity index (χ0) is 33.6. The van der Waals surface area contributed by atoms with Gasteiger partial charge in [-0.15, -0.1) is 0 Å². The fraction of sp³-hybridized carbons (Fsp3) is 0.314. The number of nitrogens with one attached hydrogen (secondary N) is 3. The molecule has 0 bridgehead atoms. The second kappa shape index (κ2) is 14.4. The van der Waals surface area contributed by atoms with Crippen LogP contribution in [-0.2, 0) is 20.2 Å². The Morgan fingerprint density at radius 1 is 0.979 bits per heavy atom. The lowest BCUT2D eigenvalue weighted by molar-refractivity contribution is 0.0435. The lowest BCUT2D eigenvalue weighted by Crippen LogP contribution is -2.36. The number of ether oxygens (including phenoxy) is 3. The molecule has 0 spiro atoms. The molecule has 3 aromatic carbocycles. The fourth-order valence-corrected chi connectivity index (χ4v) is 5.76. The number of aromatic nitrogens is 1. The molecular weight excluding hydrogens is 618 g/mol. The number of urea groups is 1. The highest BCUT2D eigenvalue weighted by Crippen LogP contribution is 2.40. The Labute approximate surface area is 276 Å². The van der Waals surface area contributed by atoms with E-state index in [2.05, 4.69) is 31.3 Å². The number of pyridine rings is 1. The van der Waals surface area contributed by atoms with Crippen LogP contribution in [0.2, 0.25) is 0 Å². The minimum Gasteiger partial charge on any atom is -0.492 e. The molecule has 0 unspecified atom stereocenters. The number of nitrogens with zero attached hydrogens (tertiary/aromatic N) is 2. The average molecular weight is 660 g/mol. The minimum atomic E-state index is -3.61. The molecule has 248 valence electrons. The van der Waals surface area contributed by atoms with Crippen LogP contribution in [0.15, 0.2) is 72.9 Å². The van der Waals surface area contributed by atoms with Crippen LogP contribution in [0.25, 0.3) is 16.8 Å². The maximum Gasteiger partial charge on any atom is 0.323 e. The first-order valence-electron chi connectivity index (χ1n) is 15.3. The summed E-state index contributed by atoms with van der Waals surface area (Å²) in [6, 6.07) is 17.9. The second-order valence-electron chi connectivity index (χ2n) is 12.3. The van der Waals surface area contributed by atoms with Crippen LogP contribution in [0.4, 0.5) is 21.9 Å². The van der Waals surface area contributed by atoms with Crippen LogP contribution >= 0.6 is 0 Å². The number of benzene rings is 3. The lowest BCUT2D eigenvalue weighted by atomic mass is 9.86. The number of sulfonamides is 1. The molecule has 1 fully saturated rings. The van der Waals surface area contributed by atoms with Crippen LogP contribution in [0, 0.1) is 0 Å². The number of morpholine rings is 1. The van der Waals surface area contributed by atoms with Gasteiger partial charge in [0.2, 0.25) is 10.0 Å². The molecule has 2 amide bonds. The molecule has 11 nitrogen and oxygen atoms in total. The van der Waals surface area contributed by atoms with E-state index in [1.807, 2.05) is 57.2 Å². The normalized spacial score (nSPS) is 14.2. The molecule has 1 saturated heterocycles. The summed E-state index contributed by atoms with van der Waals surface area (Å²) in [6.45, 7) is 10.2. The molecule has 0 aliphatic carbocycles. The van der Waals surface area contributed by atoms with Gasteiger partial charge in [0, 0.05) is 42.7 Å². The molecule has 1 aromatic heterocycles. The van der Waals surface area contributed by atoms with Crippen molar-refractivity contribution in [2.24, 2.45) is 0 Å². The molecule has 0 atom stereocenters. The van der Waals surface area contributed by atoms with Crippen LogP contribution in [0.3, 0.4) is 0 Å². The van der Waals surface area contributed by atoms with Gasteiger partial charge < -0.3 is 24.8 Å². The largest absolute Gasteiger partial charge is 0.492 e. The molecule has 1 aliphatic heterocycles. The van der Waals surface area contributed by atoms with Crippen molar-refractivity contribution in [3.05, 3.63) is 84.2 Å². The number of anilines is 3. The van der Waals surface area contributed by atoms with Gasteiger partial charge in [0.05, 0.1) is 49.3 Å². The topological polar surface area (TPSA) is 131 Å². The summed E-state index contributed by atoms with van der Waals surface area (Å²) < 4.78 is 44.0. The van der Waals surface area contributed by atoms with E-state index in [1.165, 1.54) is 7.11 Å². The third-order valence-corrected chi connectivity index (χ3v) is 8.16. The Balaban J connectivity index is 1.35. The highest BCUT2D eigenvalue weighted by molar-refractivity contribution is 7.92. The Morgan fingerprint density at radius 2 is 1.68 bits per heavy atom. The van der Waals surface area contributed by atoms with Gasteiger partial charge in [-0.25, -0.2) is 13.2 Å². The first-order valence-corrected chi connectivity index (χ1v) is 17.2. The van der Waals surface area contributed by atoms with Gasteiger partial charge in [0.25, 0.3) is 0 Å². The van der Waals surface area contributed by atoms with Crippen molar-refractivity contribution < 1.29 is 27.4 Å². The Morgan fingerprint density at radius 3 is 2.38 bits per heavy atom. The van der Waals surface area contributed by atoms with Gasteiger partial charge >= 0.3 is 6.03 Å². The average Bonchev–Trinajstić information content (AvgIpc) is 3.02. The third-order valence-electron chi connectivity index (χ3n) is 7.57. The van der Waals surface area contributed by atoms with Crippen molar-refractivity contribution in [2.45, 2.75) is 26.2 Å². The third kappa shape index (κ3) is 9.00. The number of fused-ring (bicyclic) bond motifs is 1. The fourth-order valence-electron chi connectivity index (χ4n) is 5.21. The highest BCUT2D eigenvalue weighted by Gasteiger charge is 2.22. The summed E-state index contributed by atoms with van der Waals surface area (Å²) in [6.07, 6.45) is 6.85. The number of hydrogen-bond donors (Lipinski definition) is 3. The molecular formula is C35H41N5O6S. The maximum atomic E-state index is 13.4. The first-order chi connectivity index (χ1) is 22.4. The monoisotopic (exact) mass is 659 g/mol. The summed E-state index contributed by atoms with van der Waals surface area (Å²) in [5, 5.41) is 7.36.